The normalized spacial score (nSPS) is 13.2. The van der Waals surface area contributed by atoms with Crippen molar-refractivity contribution in [3.63, 3.8) is 0 Å². The third-order valence-corrected chi connectivity index (χ3v) is 4.62. The SMILES string of the molecule is CC(C(=O)O)N(C)S(=O)(=O)c1ccc(F)c([N+](=O)[O-])c1. The van der Waals surface area contributed by atoms with Gasteiger partial charge in [-0.1, -0.05) is 0 Å². The van der Waals surface area contributed by atoms with Gasteiger partial charge in [0, 0.05) is 13.1 Å². The summed E-state index contributed by atoms with van der Waals surface area (Å²) in [6, 6.07) is 0.659. The van der Waals surface area contributed by atoms with Crippen LogP contribution in [0.3, 0.4) is 0 Å². The van der Waals surface area contributed by atoms with Crippen LogP contribution in [-0.4, -0.2) is 41.8 Å². The van der Waals surface area contributed by atoms with Gasteiger partial charge in [-0.2, -0.15) is 8.70 Å². The largest absolute Gasteiger partial charge is 0.480 e. The number of halogens is 1. The van der Waals surface area contributed by atoms with E-state index in [4.69, 9.17) is 5.11 Å². The Kier molecular flexibility index (Phi) is 4.40. The van der Waals surface area contributed by atoms with Gasteiger partial charge in [0.05, 0.1) is 9.82 Å². The molecule has 0 aliphatic rings. The Labute approximate surface area is 113 Å². The van der Waals surface area contributed by atoms with Crippen LogP contribution in [0.15, 0.2) is 23.1 Å². The second-order valence-corrected chi connectivity index (χ2v) is 5.90. The van der Waals surface area contributed by atoms with E-state index in [1.54, 1.807) is 0 Å². The van der Waals surface area contributed by atoms with Gasteiger partial charge in [0.2, 0.25) is 15.8 Å². The fourth-order valence-electron chi connectivity index (χ4n) is 1.32. The molecule has 1 N–H and O–H groups in total. The van der Waals surface area contributed by atoms with Crippen molar-refractivity contribution in [3.8, 4) is 0 Å². The number of nitro groups is 1. The minimum atomic E-state index is -4.27. The summed E-state index contributed by atoms with van der Waals surface area (Å²) in [5.41, 5.74) is -0.998. The molecule has 8 nitrogen and oxygen atoms in total. The molecule has 0 saturated carbocycles. The number of sulfonamides is 1. The van der Waals surface area contributed by atoms with Crippen LogP contribution in [-0.2, 0) is 14.8 Å². The first-order chi connectivity index (χ1) is 9.09. The second-order valence-electron chi connectivity index (χ2n) is 3.91. The van der Waals surface area contributed by atoms with Crippen molar-refractivity contribution in [1.82, 2.24) is 4.31 Å². The van der Waals surface area contributed by atoms with Gasteiger partial charge in [-0.05, 0) is 19.1 Å². The lowest BCUT2D eigenvalue weighted by molar-refractivity contribution is -0.387. The highest BCUT2D eigenvalue weighted by molar-refractivity contribution is 7.89. The Hall–Kier alpha value is -2.07. The molecule has 0 aliphatic carbocycles. The van der Waals surface area contributed by atoms with Crippen molar-refractivity contribution >= 4 is 21.7 Å². The quantitative estimate of drug-likeness (QED) is 0.635. The van der Waals surface area contributed by atoms with Crippen LogP contribution < -0.4 is 0 Å². The number of benzene rings is 1. The Morgan fingerprint density at radius 1 is 1.50 bits per heavy atom. The van der Waals surface area contributed by atoms with Gasteiger partial charge in [-0.15, -0.1) is 0 Å². The molecule has 0 amide bonds. The van der Waals surface area contributed by atoms with Crippen LogP contribution >= 0.6 is 0 Å². The number of nitro benzene ring substituents is 1. The smallest absolute Gasteiger partial charge is 0.321 e. The van der Waals surface area contributed by atoms with Crippen LogP contribution in [0.1, 0.15) is 6.92 Å². The van der Waals surface area contributed by atoms with E-state index in [1.807, 2.05) is 0 Å². The summed E-state index contributed by atoms with van der Waals surface area (Å²) in [6.07, 6.45) is 0. The summed E-state index contributed by atoms with van der Waals surface area (Å²) >= 11 is 0. The molecular weight excluding hydrogens is 295 g/mol. The predicted octanol–water partition coefficient (Wildman–Crippen LogP) is 0.828. The number of hydrogen-bond acceptors (Lipinski definition) is 5. The highest BCUT2D eigenvalue weighted by Crippen LogP contribution is 2.24. The zero-order chi connectivity index (χ0) is 15.7. The average Bonchev–Trinajstić information content (AvgIpc) is 2.36. The number of aliphatic carboxylic acids is 1. The van der Waals surface area contributed by atoms with E-state index in [0.717, 1.165) is 20.0 Å². The molecule has 20 heavy (non-hydrogen) atoms. The van der Waals surface area contributed by atoms with E-state index in [1.165, 1.54) is 0 Å². The van der Waals surface area contributed by atoms with Gasteiger partial charge in [0.1, 0.15) is 6.04 Å². The molecule has 1 unspecified atom stereocenters. The topological polar surface area (TPSA) is 118 Å². The van der Waals surface area contributed by atoms with Gasteiger partial charge in [0.25, 0.3) is 0 Å². The molecule has 0 radical (unpaired) electrons. The molecule has 1 atom stereocenters. The number of rotatable bonds is 5. The maximum atomic E-state index is 13.2. The lowest BCUT2D eigenvalue weighted by Crippen LogP contribution is -2.40. The zero-order valence-corrected chi connectivity index (χ0v) is 11.3. The molecular formula is C10H11FN2O6S. The molecule has 1 aromatic carbocycles. The summed E-state index contributed by atoms with van der Waals surface area (Å²) in [5, 5.41) is 19.4. The number of likely N-dealkylation sites (N-methyl/N-ethyl adjacent to an activating group) is 1. The maximum Gasteiger partial charge on any atom is 0.321 e. The van der Waals surface area contributed by atoms with Gasteiger partial charge in [0.15, 0.2) is 0 Å². The van der Waals surface area contributed by atoms with Gasteiger partial charge >= 0.3 is 11.7 Å². The van der Waals surface area contributed by atoms with E-state index in [9.17, 15) is 27.7 Å². The van der Waals surface area contributed by atoms with Crippen molar-refractivity contribution in [2.45, 2.75) is 17.9 Å². The molecule has 0 aliphatic heterocycles. The average molecular weight is 306 g/mol. The van der Waals surface area contributed by atoms with Crippen molar-refractivity contribution in [1.29, 1.82) is 0 Å². The molecule has 1 rings (SSSR count). The van der Waals surface area contributed by atoms with Gasteiger partial charge in [-0.25, -0.2) is 8.42 Å². The van der Waals surface area contributed by atoms with Crippen LogP contribution in [0.2, 0.25) is 0 Å². The van der Waals surface area contributed by atoms with E-state index in [2.05, 4.69) is 0 Å². The Balaban J connectivity index is 3.33. The first kappa shape index (κ1) is 16.0. The number of carboxylic acid groups (broad SMARTS) is 1. The lowest BCUT2D eigenvalue weighted by atomic mass is 10.3. The molecule has 110 valence electrons. The molecule has 10 heteroatoms. The van der Waals surface area contributed by atoms with Crippen LogP contribution in [0.4, 0.5) is 10.1 Å². The minimum Gasteiger partial charge on any atom is -0.480 e. The van der Waals surface area contributed by atoms with Crippen molar-refractivity contribution in [2.24, 2.45) is 0 Å². The standard InChI is InChI=1S/C10H11FN2O6S/c1-6(10(14)15)12(2)20(18,19)7-3-4-8(11)9(5-7)13(16)17/h3-6H,1-2H3,(H,14,15). The maximum absolute atomic E-state index is 13.2. The van der Waals surface area contributed by atoms with E-state index in [-0.39, 0.29) is 0 Å². The monoisotopic (exact) mass is 306 g/mol. The molecule has 0 spiro atoms. The number of carboxylic acids is 1. The minimum absolute atomic E-state index is 0.534. The highest BCUT2D eigenvalue weighted by Gasteiger charge is 2.31. The third-order valence-electron chi connectivity index (χ3n) is 2.69. The molecule has 1 aromatic rings. The summed E-state index contributed by atoms with van der Waals surface area (Å²) in [4.78, 5) is 19.7. The Bertz CT molecular complexity index is 660. The third kappa shape index (κ3) is 2.91. The lowest BCUT2D eigenvalue weighted by Gasteiger charge is -2.20. The summed E-state index contributed by atoms with van der Waals surface area (Å²) in [7, 11) is -3.26. The summed E-state index contributed by atoms with van der Waals surface area (Å²) in [5.74, 6) is -2.56. The first-order valence-corrected chi connectivity index (χ1v) is 6.68. The molecule has 0 aromatic heterocycles. The van der Waals surface area contributed by atoms with Crippen LogP contribution in [0.5, 0.6) is 0 Å². The molecule has 0 bridgehead atoms. The summed E-state index contributed by atoms with van der Waals surface area (Å²) in [6.45, 7) is 1.14. The first-order valence-electron chi connectivity index (χ1n) is 5.23. The Morgan fingerprint density at radius 3 is 2.50 bits per heavy atom. The van der Waals surface area contributed by atoms with E-state index < -0.39 is 43.4 Å². The molecule has 0 fully saturated rings. The second kappa shape index (κ2) is 5.51. The molecule has 0 heterocycles. The van der Waals surface area contributed by atoms with Gasteiger partial charge < -0.3 is 5.11 Å². The fourth-order valence-corrected chi connectivity index (χ4v) is 2.66. The van der Waals surface area contributed by atoms with Crippen molar-refractivity contribution in [3.05, 3.63) is 34.1 Å². The summed E-state index contributed by atoms with van der Waals surface area (Å²) < 4.78 is 37.8. The van der Waals surface area contributed by atoms with E-state index >= 15 is 0 Å². The predicted molar refractivity (Wildman–Crippen MR) is 65.1 cm³/mol. The number of nitrogens with zero attached hydrogens (tertiary/aromatic N) is 2. The van der Waals surface area contributed by atoms with Crippen molar-refractivity contribution < 1.29 is 27.6 Å². The van der Waals surface area contributed by atoms with Crippen LogP contribution in [0.25, 0.3) is 0 Å². The number of carbonyl (C=O) groups is 1. The number of hydrogen-bond donors (Lipinski definition) is 1. The van der Waals surface area contributed by atoms with Crippen molar-refractivity contribution in [2.75, 3.05) is 7.05 Å². The van der Waals surface area contributed by atoms with Crippen LogP contribution in [0, 0.1) is 15.9 Å². The van der Waals surface area contributed by atoms with E-state index in [0.29, 0.717) is 16.4 Å². The highest BCUT2D eigenvalue weighted by atomic mass is 32.2. The fraction of sp³-hybridized carbons (Fsp3) is 0.300. The Morgan fingerprint density at radius 2 is 2.05 bits per heavy atom. The molecule has 0 saturated heterocycles. The zero-order valence-electron chi connectivity index (χ0n) is 10.5. The van der Waals surface area contributed by atoms with Gasteiger partial charge in [-0.3, -0.25) is 14.9 Å².